The van der Waals surface area contributed by atoms with Crippen LogP contribution >= 0.6 is 0 Å². The second kappa shape index (κ2) is 7.59. The zero-order chi connectivity index (χ0) is 20.4. The van der Waals surface area contributed by atoms with Crippen molar-refractivity contribution in [3.63, 3.8) is 0 Å². The monoisotopic (exact) mass is 385 g/mol. The van der Waals surface area contributed by atoms with E-state index in [9.17, 15) is 9.90 Å². The number of phenolic OH excluding ortho intramolecular Hbond substituents is 1. The molecule has 2 N–H and O–H groups in total. The molecule has 0 aliphatic carbocycles. The largest absolute Gasteiger partial charge is 0.506 e. The number of benzene rings is 3. The van der Waals surface area contributed by atoms with Crippen LogP contribution in [0.4, 0.5) is 5.69 Å². The zero-order valence-corrected chi connectivity index (χ0v) is 16.0. The summed E-state index contributed by atoms with van der Waals surface area (Å²) in [5, 5.41) is 20.9. The van der Waals surface area contributed by atoms with Crippen LogP contribution in [0.1, 0.15) is 21.5 Å². The minimum Gasteiger partial charge on any atom is -0.506 e. The SMILES string of the molecule is Cc1ccc(NC(=O)c2ccc(-c3nnc(-c4ccccc4C)o3)cc2)c(O)c1. The Morgan fingerprint density at radius 2 is 1.66 bits per heavy atom. The molecule has 0 bridgehead atoms. The predicted octanol–water partition coefficient (Wildman–Crippen LogP) is 4.98. The first-order valence-electron chi connectivity index (χ1n) is 9.12. The van der Waals surface area contributed by atoms with Crippen molar-refractivity contribution in [2.45, 2.75) is 13.8 Å². The molecule has 3 aromatic carbocycles. The first-order chi connectivity index (χ1) is 14.0. The van der Waals surface area contributed by atoms with Gasteiger partial charge in [0.2, 0.25) is 11.8 Å². The van der Waals surface area contributed by atoms with E-state index in [2.05, 4.69) is 15.5 Å². The molecule has 0 aliphatic rings. The quantitative estimate of drug-likeness (QED) is 0.484. The van der Waals surface area contributed by atoms with Crippen LogP contribution in [0.2, 0.25) is 0 Å². The lowest BCUT2D eigenvalue weighted by molar-refractivity contribution is 0.102. The van der Waals surface area contributed by atoms with Gasteiger partial charge in [0, 0.05) is 16.7 Å². The number of nitrogens with zero attached hydrogens (tertiary/aromatic N) is 2. The summed E-state index contributed by atoms with van der Waals surface area (Å²) in [5.41, 5.74) is 4.38. The number of rotatable bonds is 4. The van der Waals surface area contributed by atoms with E-state index in [1.807, 2.05) is 44.2 Å². The Hall–Kier alpha value is -3.93. The molecule has 0 fully saturated rings. The first kappa shape index (κ1) is 18.4. The number of aromatic hydroxyl groups is 1. The number of amides is 1. The lowest BCUT2D eigenvalue weighted by atomic mass is 10.1. The van der Waals surface area contributed by atoms with E-state index in [-0.39, 0.29) is 11.7 Å². The second-order valence-corrected chi connectivity index (χ2v) is 6.78. The summed E-state index contributed by atoms with van der Waals surface area (Å²) < 4.78 is 5.80. The lowest BCUT2D eigenvalue weighted by Crippen LogP contribution is -2.11. The standard InChI is InChI=1S/C23H19N3O3/c1-14-7-12-19(20(27)13-14)24-21(28)16-8-10-17(11-9-16)22-25-26-23(29-22)18-6-4-3-5-15(18)2/h3-13,27H,1-2H3,(H,24,28). The van der Waals surface area contributed by atoms with Crippen LogP contribution in [0.5, 0.6) is 5.75 Å². The fourth-order valence-corrected chi connectivity index (χ4v) is 2.97. The van der Waals surface area contributed by atoms with Crippen LogP contribution in [-0.4, -0.2) is 21.2 Å². The number of aryl methyl sites for hydroxylation is 2. The summed E-state index contributed by atoms with van der Waals surface area (Å²) in [7, 11) is 0. The van der Waals surface area contributed by atoms with E-state index in [0.717, 1.165) is 16.7 Å². The fourth-order valence-electron chi connectivity index (χ4n) is 2.97. The van der Waals surface area contributed by atoms with E-state index in [0.29, 0.717) is 28.6 Å². The Kier molecular flexibility index (Phi) is 4.83. The van der Waals surface area contributed by atoms with Gasteiger partial charge < -0.3 is 14.8 Å². The molecule has 0 spiro atoms. The second-order valence-electron chi connectivity index (χ2n) is 6.78. The van der Waals surface area contributed by atoms with Gasteiger partial charge in [-0.05, 0) is 67.4 Å². The molecular weight excluding hydrogens is 366 g/mol. The molecular formula is C23H19N3O3. The van der Waals surface area contributed by atoms with Gasteiger partial charge in [-0.2, -0.15) is 0 Å². The Morgan fingerprint density at radius 1 is 0.931 bits per heavy atom. The number of hydrogen-bond acceptors (Lipinski definition) is 5. The molecule has 0 unspecified atom stereocenters. The summed E-state index contributed by atoms with van der Waals surface area (Å²) in [5.74, 6) is 0.549. The molecule has 4 aromatic rings. The van der Waals surface area contributed by atoms with Crippen LogP contribution in [-0.2, 0) is 0 Å². The number of nitrogens with one attached hydrogen (secondary N) is 1. The van der Waals surface area contributed by atoms with Crippen molar-refractivity contribution in [1.82, 2.24) is 10.2 Å². The van der Waals surface area contributed by atoms with Crippen LogP contribution in [0.3, 0.4) is 0 Å². The number of carbonyl (C=O) groups excluding carboxylic acids is 1. The fraction of sp³-hybridized carbons (Fsp3) is 0.0870. The molecule has 6 heteroatoms. The van der Waals surface area contributed by atoms with E-state index in [1.54, 1.807) is 36.4 Å². The third kappa shape index (κ3) is 3.87. The third-order valence-corrected chi connectivity index (χ3v) is 4.60. The highest BCUT2D eigenvalue weighted by molar-refractivity contribution is 6.05. The molecule has 1 heterocycles. The number of aromatic nitrogens is 2. The molecule has 6 nitrogen and oxygen atoms in total. The van der Waals surface area contributed by atoms with Crippen LogP contribution < -0.4 is 5.32 Å². The van der Waals surface area contributed by atoms with Crippen molar-refractivity contribution < 1.29 is 14.3 Å². The van der Waals surface area contributed by atoms with Gasteiger partial charge in [0.1, 0.15) is 5.75 Å². The van der Waals surface area contributed by atoms with Crippen molar-refractivity contribution >= 4 is 11.6 Å². The van der Waals surface area contributed by atoms with Gasteiger partial charge >= 0.3 is 0 Å². The zero-order valence-electron chi connectivity index (χ0n) is 16.0. The maximum absolute atomic E-state index is 12.5. The van der Waals surface area contributed by atoms with Crippen molar-refractivity contribution in [2.24, 2.45) is 0 Å². The number of carbonyl (C=O) groups is 1. The van der Waals surface area contributed by atoms with Crippen molar-refractivity contribution in [3.8, 4) is 28.7 Å². The molecule has 0 atom stereocenters. The molecule has 4 rings (SSSR count). The molecule has 0 aliphatic heterocycles. The highest BCUT2D eigenvalue weighted by Gasteiger charge is 2.14. The van der Waals surface area contributed by atoms with Gasteiger partial charge in [-0.1, -0.05) is 24.3 Å². The van der Waals surface area contributed by atoms with E-state index in [1.165, 1.54) is 0 Å². The summed E-state index contributed by atoms with van der Waals surface area (Å²) in [4.78, 5) is 12.5. The molecule has 144 valence electrons. The Bertz CT molecular complexity index is 1180. The highest BCUT2D eigenvalue weighted by atomic mass is 16.4. The number of phenols is 1. The first-order valence-corrected chi connectivity index (χ1v) is 9.12. The van der Waals surface area contributed by atoms with Gasteiger partial charge in [0.05, 0.1) is 5.69 Å². The third-order valence-electron chi connectivity index (χ3n) is 4.60. The highest BCUT2D eigenvalue weighted by Crippen LogP contribution is 2.27. The molecule has 29 heavy (non-hydrogen) atoms. The predicted molar refractivity (Wildman–Crippen MR) is 111 cm³/mol. The minimum atomic E-state index is -0.318. The summed E-state index contributed by atoms with van der Waals surface area (Å²) in [6.45, 7) is 3.85. The summed E-state index contributed by atoms with van der Waals surface area (Å²) in [6, 6.07) is 19.7. The van der Waals surface area contributed by atoms with Gasteiger partial charge in [0.25, 0.3) is 5.91 Å². The van der Waals surface area contributed by atoms with E-state index in [4.69, 9.17) is 4.42 Å². The topological polar surface area (TPSA) is 88.3 Å². The smallest absolute Gasteiger partial charge is 0.255 e. The maximum Gasteiger partial charge on any atom is 0.255 e. The Morgan fingerprint density at radius 3 is 2.38 bits per heavy atom. The van der Waals surface area contributed by atoms with Crippen LogP contribution in [0, 0.1) is 13.8 Å². The maximum atomic E-state index is 12.5. The average molecular weight is 385 g/mol. The van der Waals surface area contributed by atoms with Crippen molar-refractivity contribution in [2.75, 3.05) is 5.32 Å². The van der Waals surface area contributed by atoms with Crippen LogP contribution in [0.25, 0.3) is 22.9 Å². The molecule has 0 saturated heterocycles. The Balaban J connectivity index is 1.52. The summed E-state index contributed by atoms with van der Waals surface area (Å²) >= 11 is 0. The van der Waals surface area contributed by atoms with Crippen molar-refractivity contribution in [1.29, 1.82) is 0 Å². The molecule has 1 aromatic heterocycles. The van der Waals surface area contributed by atoms with Gasteiger partial charge in [-0.15, -0.1) is 10.2 Å². The van der Waals surface area contributed by atoms with Crippen molar-refractivity contribution in [3.05, 3.63) is 83.4 Å². The Labute approximate surface area is 167 Å². The molecule has 1 amide bonds. The average Bonchev–Trinajstić information content (AvgIpc) is 3.20. The van der Waals surface area contributed by atoms with Gasteiger partial charge in [0.15, 0.2) is 0 Å². The number of anilines is 1. The van der Waals surface area contributed by atoms with E-state index < -0.39 is 0 Å². The minimum absolute atomic E-state index is 0.0320. The van der Waals surface area contributed by atoms with Gasteiger partial charge in [-0.25, -0.2) is 0 Å². The van der Waals surface area contributed by atoms with Crippen LogP contribution in [0.15, 0.2) is 71.1 Å². The van der Waals surface area contributed by atoms with E-state index >= 15 is 0 Å². The normalized spacial score (nSPS) is 10.7. The molecule has 0 saturated carbocycles. The molecule has 0 radical (unpaired) electrons. The number of hydrogen-bond donors (Lipinski definition) is 2. The summed E-state index contributed by atoms with van der Waals surface area (Å²) in [6.07, 6.45) is 0. The lowest BCUT2D eigenvalue weighted by Gasteiger charge is -2.08. The van der Waals surface area contributed by atoms with Gasteiger partial charge in [-0.3, -0.25) is 4.79 Å².